The predicted molar refractivity (Wildman–Crippen MR) is 126 cm³/mol. The summed E-state index contributed by atoms with van der Waals surface area (Å²) in [6.45, 7) is 1.17. The number of carbonyl (C=O) groups excluding carboxylic acids is 1. The Morgan fingerprint density at radius 3 is 2.62 bits per heavy atom. The summed E-state index contributed by atoms with van der Waals surface area (Å²) in [7, 11) is -0.686. The van der Waals surface area contributed by atoms with Gasteiger partial charge in [-0.2, -0.15) is 0 Å². The summed E-state index contributed by atoms with van der Waals surface area (Å²) in [5.74, 6) is 0.390. The van der Waals surface area contributed by atoms with E-state index < -0.39 is 15.8 Å². The van der Waals surface area contributed by atoms with E-state index >= 15 is 0 Å². The third kappa shape index (κ3) is 4.16. The van der Waals surface area contributed by atoms with Gasteiger partial charge in [-0.15, -0.1) is 0 Å². The molecule has 3 heterocycles. The van der Waals surface area contributed by atoms with E-state index in [1.165, 1.54) is 19.2 Å². The number of hydrogen-bond donors (Lipinski definition) is 2. The van der Waals surface area contributed by atoms with Crippen molar-refractivity contribution in [2.45, 2.75) is 18.8 Å². The normalized spacial score (nSPS) is 22.3. The van der Waals surface area contributed by atoms with Crippen LogP contribution in [0.3, 0.4) is 0 Å². The summed E-state index contributed by atoms with van der Waals surface area (Å²) in [6, 6.07) is 8.43. The fourth-order valence-corrected chi connectivity index (χ4v) is 6.13. The van der Waals surface area contributed by atoms with E-state index in [-0.39, 0.29) is 11.7 Å². The first-order chi connectivity index (χ1) is 16.3. The van der Waals surface area contributed by atoms with Crippen molar-refractivity contribution in [2.75, 3.05) is 33.0 Å². The molecule has 8 nitrogen and oxygen atoms in total. The van der Waals surface area contributed by atoms with Crippen molar-refractivity contribution in [3.63, 3.8) is 0 Å². The Kier molecular flexibility index (Phi) is 5.81. The molecule has 0 bridgehead atoms. The highest BCUT2D eigenvalue weighted by atomic mass is 32.2. The standard InChI is InChI=1S/C24H27FN4O4S/c1-26-34(31,32)13-23(30)29-11-15-7-14(8-16(15)12-29)21-10-20-18(5-6-27-24(20)28-21)19-9-17(25)3-4-22(19)33-2/h3-6,9-10,14-16,26H,7-8,11-13H2,1-2H3,(H,27,28)/t14?,15-,16+. The molecule has 3 atom stereocenters. The van der Waals surface area contributed by atoms with E-state index in [0.29, 0.717) is 42.2 Å². The fourth-order valence-electron chi connectivity index (χ4n) is 5.48. The average Bonchev–Trinajstić information content (AvgIpc) is 3.51. The van der Waals surface area contributed by atoms with E-state index in [1.54, 1.807) is 24.3 Å². The van der Waals surface area contributed by atoms with Gasteiger partial charge in [-0.05, 0) is 73.5 Å². The Morgan fingerprint density at radius 1 is 1.21 bits per heavy atom. The minimum absolute atomic E-state index is 0.296. The number of nitrogens with one attached hydrogen (secondary N) is 2. The van der Waals surface area contributed by atoms with Crippen molar-refractivity contribution < 1.29 is 22.3 Å². The second-order valence-corrected chi connectivity index (χ2v) is 11.1. The first-order valence-corrected chi connectivity index (χ1v) is 12.9. The number of halogens is 1. The molecular formula is C24H27FN4O4S. The summed E-state index contributed by atoms with van der Waals surface area (Å²) in [6.07, 6.45) is 3.53. The molecule has 10 heteroatoms. The number of likely N-dealkylation sites (tertiary alicyclic amines) is 1. The van der Waals surface area contributed by atoms with Gasteiger partial charge in [0.25, 0.3) is 0 Å². The van der Waals surface area contributed by atoms with Crippen molar-refractivity contribution in [3.8, 4) is 16.9 Å². The van der Waals surface area contributed by atoms with E-state index in [2.05, 4.69) is 20.8 Å². The molecule has 1 aliphatic heterocycles. The zero-order chi connectivity index (χ0) is 24.0. The SMILES string of the molecule is CNS(=O)(=O)CC(=O)N1C[C@H]2CC(c3cc4c(-c5cc(F)ccc5OC)ccnc4[nH]3)C[C@H]2C1. The zero-order valence-corrected chi connectivity index (χ0v) is 19.9. The van der Waals surface area contributed by atoms with Crippen LogP contribution in [0.5, 0.6) is 5.75 Å². The van der Waals surface area contributed by atoms with Gasteiger partial charge in [0.2, 0.25) is 15.9 Å². The first kappa shape index (κ1) is 22.8. The highest BCUT2D eigenvalue weighted by molar-refractivity contribution is 7.90. The van der Waals surface area contributed by atoms with Crippen molar-refractivity contribution in [2.24, 2.45) is 11.8 Å². The van der Waals surface area contributed by atoms with Crippen LogP contribution in [0, 0.1) is 17.7 Å². The Bertz CT molecular complexity index is 1340. The number of H-pyrrole nitrogens is 1. The lowest BCUT2D eigenvalue weighted by atomic mass is 9.99. The highest BCUT2D eigenvalue weighted by Gasteiger charge is 2.43. The molecule has 0 spiro atoms. The van der Waals surface area contributed by atoms with Crippen LogP contribution < -0.4 is 9.46 Å². The number of amides is 1. The number of fused-ring (bicyclic) bond motifs is 2. The zero-order valence-electron chi connectivity index (χ0n) is 19.0. The summed E-state index contributed by atoms with van der Waals surface area (Å²) < 4.78 is 45.1. The lowest BCUT2D eigenvalue weighted by Gasteiger charge is -2.19. The second kappa shape index (κ2) is 8.66. The Labute approximate surface area is 197 Å². The number of aromatic amines is 1. The molecule has 0 radical (unpaired) electrons. The summed E-state index contributed by atoms with van der Waals surface area (Å²) in [4.78, 5) is 22.0. The van der Waals surface area contributed by atoms with Crippen LogP contribution >= 0.6 is 0 Å². The predicted octanol–water partition coefficient (Wildman–Crippen LogP) is 2.88. The summed E-state index contributed by atoms with van der Waals surface area (Å²) in [5, 5.41) is 0.910. The maximum atomic E-state index is 14.0. The molecule has 1 aliphatic carbocycles. The van der Waals surface area contributed by atoms with Gasteiger partial charge in [0.05, 0.1) is 7.11 Å². The molecule has 2 N–H and O–H groups in total. The first-order valence-electron chi connectivity index (χ1n) is 11.3. The van der Waals surface area contributed by atoms with Crippen LogP contribution in [0.2, 0.25) is 0 Å². The maximum absolute atomic E-state index is 14.0. The molecule has 34 heavy (non-hydrogen) atoms. The Balaban J connectivity index is 1.35. The third-order valence-corrected chi connectivity index (χ3v) is 8.42. The molecular weight excluding hydrogens is 459 g/mol. The number of ether oxygens (including phenoxy) is 1. The van der Waals surface area contributed by atoms with Gasteiger partial charge in [0.15, 0.2) is 0 Å². The number of nitrogens with zero attached hydrogens (tertiary/aromatic N) is 2. The van der Waals surface area contributed by atoms with E-state index in [9.17, 15) is 17.6 Å². The quantitative estimate of drug-likeness (QED) is 0.558. The van der Waals surface area contributed by atoms with E-state index in [0.717, 1.165) is 35.1 Å². The molecule has 180 valence electrons. The number of rotatable bonds is 6. The van der Waals surface area contributed by atoms with Crippen LogP contribution in [0.4, 0.5) is 4.39 Å². The van der Waals surface area contributed by atoms with Gasteiger partial charge in [0.1, 0.15) is 23.0 Å². The second-order valence-electron chi connectivity index (χ2n) is 9.14. The van der Waals surface area contributed by atoms with E-state index in [1.807, 2.05) is 6.07 Å². The highest BCUT2D eigenvalue weighted by Crippen LogP contribution is 2.47. The van der Waals surface area contributed by atoms with E-state index in [4.69, 9.17) is 4.74 Å². The van der Waals surface area contributed by atoms with Crippen molar-refractivity contribution >= 4 is 27.0 Å². The van der Waals surface area contributed by atoms with Gasteiger partial charge < -0.3 is 14.6 Å². The van der Waals surface area contributed by atoms with Gasteiger partial charge in [-0.25, -0.2) is 22.5 Å². The lowest BCUT2D eigenvalue weighted by molar-refractivity contribution is -0.127. The van der Waals surface area contributed by atoms with Crippen LogP contribution in [0.1, 0.15) is 24.5 Å². The van der Waals surface area contributed by atoms with Crippen LogP contribution in [-0.4, -0.2) is 62.2 Å². The number of methoxy groups -OCH3 is 1. The molecule has 1 unspecified atom stereocenters. The maximum Gasteiger partial charge on any atom is 0.239 e. The summed E-state index contributed by atoms with van der Waals surface area (Å²) in [5.41, 5.74) is 3.35. The lowest BCUT2D eigenvalue weighted by Crippen LogP contribution is -2.37. The Hall–Kier alpha value is -2.98. The molecule has 1 amide bonds. The molecule has 2 aromatic heterocycles. The van der Waals surface area contributed by atoms with Crippen LogP contribution in [0.25, 0.3) is 22.2 Å². The largest absolute Gasteiger partial charge is 0.496 e. The topological polar surface area (TPSA) is 104 Å². The molecule has 1 aromatic carbocycles. The number of sulfonamides is 1. The van der Waals surface area contributed by atoms with Crippen LogP contribution in [-0.2, 0) is 14.8 Å². The number of benzene rings is 1. The van der Waals surface area contributed by atoms with Crippen LogP contribution in [0.15, 0.2) is 36.5 Å². The van der Waals surface area contributed by atoms with Gasteiger partial charge in [0, 0.05) is 35.9 Å². The van der Waals surface area contributed by atoms with Gasteiger partial charge >= 0.3 is 0 Å². The van der Waals surface area contributed by atoms with Crippen molar-refractivity contribution in [1.82, 2.24) is 19.6 Å². The number of pyridine rings is 1. The monoisotopic (exact) mass is 486 g/mol. The molecule has 1 saturated carbocycles. The third-order valence-electron chi connectivity index (χ3n) is 7.17. The molecule has 1 saturated heterocycles. The average molecular weight is 487 g/mol. The molecule has 3 aromatic rings. The smallest absolute Gasteiger partial charge is 0.239 e. The minimum atomic E-state index is -3.57. The summed E-state index contributed by atoms with van der Waals surface area (Å²) >= 11 is 0. The molecule has 2 aliphatic rings. The molecule has 2 fully saturated rings. The number of carbonyl (C=O) groups is 1. The minimum Gasteiger partial charge on any atom is -0.496 e. The Morgan fingerprint density at radius 2 is 1.94 bits per heavy atom. The van der Waals surface area contributed by atoms with Gasteiger partial charge in [-0.3, -0.25) is 4.79 Å². The van der Waals surface area contributed by atoms with Crippen molar-refractivity contribution in [1.29, 1.82) is 0 Å². The van der Waals surface area contributed by atoms with Crippen molar-refractivity contribution in [3.05, 3.63) is 48.0 Å². The number of hydrogen-bond acceptors (Lipinski definition) is 5. The fraction of sp³-hybridized carbons (Fsp3) is 0.417. The van der Waals surface area contributed by atoms with Gasteiger partial charge in [-0.1, -0.05) is 0 Å². The molecule has 5 rings (SSSR count). The number of aromatic nitrogens is 2.